The third-order valence-corrected chi connectivity index (χ3v) is 7.26. The van der Waals surface area contributed by atoms with Gasteiger partial charge in [0, 0.05) is 29.6 Å². The van der Waals surface area contributed by atoms with Gasteiger partial charge in [0.15, 0.2) is 5.79 Å². The lowest BCUT2D eigenvalue weighted by atomic mass is 9.77. The van der Waals surface area contributed by atoms with Crippen molar-refractivity contribution in [2.75, 3.05) is 13.2 Å². The van der Waals surface area contributed by atoms with Gasteiger partial charge < -0.3 is 9.47 Å². The average Bonchev–Trinajstić information content (AvgIpc) is 2.88. The van der Waals surface area contributed by atoms with Crippen LogP contribution in [0.3, 0.4) is 0 Å². The van der Waals surface area contributed by atoms with E-state index in [1.165, 1.54) is 19.3 Å². The standard InChI is InChI=1S/C18H26O3/c1-16(2)9-20-18(21-10-16)6-4-12-14(18)13-11(15(12)19)3-5-17(13)7-8-17/h11-14H,3-10H2,1-2H3/t11-,12-,13+,14+/m0/s1. The van der Waals surface area contributed by atoms with Gasteiger partial charge in [-0.05, 0) is 43.4 Å². The zero-order chi connectivity index (χ0) is 14.5. The van der Waals surface area contributed by atoms with Crippen molar-refractivity contribution < 1.29 is 14.3 Å². The molecule has 2 spiro atoms. The van der Waals surface area contributed by atoms with Crippen LogP contribution >= 0.6 is 0 Å². The number of ether oxygens (including phenoxy) is 2. The fourth-order valence-electron chi connectivity index (χ4n) is 6.09. The molecule has 0 unspecified atom stereocenters. The van der Waals surface area contributed by atoms with Crippen molar-refractivity contribution in [2.24, 2.45) is 34.5 Å². The smallest absolute Gasteiger partial charge is 0.172 e. The number of hydrogen-bond acceptors (Lipinski definition) is 3. The van der Waals surface area contributed by atoms with Gasteiger partial charge in [0.2, 0.25) is 0 Å². The first-order chi connectivity index (χ1) is 9.97. The van der Waals surface area contributed by atoms with Crippen molar-refractivity contribution in [1.29, 1.82) is 0 Å². The lowest BCUT2D eigenvalue weighted by Gasteiger charge is -2.46. The van der Waals surface area contributed by atoms with Gasteiger partial charge in [-0.25, -0.2) is 0 Å². The summed E-state index contributed by atoms with van der Waals surface area (Å²) in [5, 5.41) is 0. The van der Waals surface area contributed by atoms with Crippen LogP contribution in [0.2, 0.25) is 0 Å². The number of ketones is 1. The Labute approximate surface area is 126 Å². The summed E-state index contributed by atoms with van der Waals surface area (Å²) in [6.45, 7) is 5.95. The van der Waals surface area contributed by atoms with E-state index in [4.69, 9.17) is 9.47 Å². The van der Waals surface area contributed by atoms with E-state index in [2.05, 4.69) is 13.8 Å². The first-order valence-electron chi connectivity index (χ1n) is 8.78. The zero-order valence-corrected chi connectivity index (χ0v) is 13.2. The van der Waals surface area contributed by atoms with Crippen molar-refractivity contribution in [3.8, 4) is 0 Å². The lowest BCUT2D eigenvalue weighted by Crippen LogP contribution is -2.52. The van der Waals surface area contributed by atoms with Gasteiger partial charge in [-0.2, -0.15) is 0 Å². The van der Waals surface area contributed by atoms with Crippen LogP contribution in [-0.4, -0.2) is 24.8 Å². The topological polar surface area (TPSA) is 35.5 Å². The van der Waals surface area contributed by atoms with Gasteiger partial charge in [0.05, 0.1) is 13.2 Å². The van der Waals surface area contributed by atoms with Crippen molar-refractivity contribution in [3.63, 3.8) is 0 Å². The second-order valence-electron chi connectivity index (χ2n) is 9.16. The molecule has 1 saturated heterocycles. The highest BCUT2D eigenvalue weighted by molar-refractivity contribution is 5.87. The third-order valence-electron chi connectivity index (χ3n) is 7.26. The van der Waals surface area contributed by atoms with Crippen LogP contribution in [0, 0.1) is 34.5 Å². The van der Waals surface area contributed by atoms with Crippen LogP contribution in [-0.2, 0) is 14.3 Å². The van der Waals surface area contributed by atoms with Crippen LogP contribution in [0.1, 0.15) is 52.4 Å². The molecule has 3 nitrogen and oxygen atoms in total. The monoisotopic (exact) mass is 290 g/mol. The molecular formula is C18H26O3. The van der Waals surface area contributed by atoms with Crippen LogP contribution in [0.25, 0.3) is 0 Å². The second-order valence-corrected chi connectivity index (χ2v) is 9.16. The number of rotatable bonds is 0. The van der Waals surface area contributed by atoms with Crippen molar-refractivity contribution in [1.82, 2.24) is 0 Å². The molecule has 4 saturated carbocycles. The summed E-state index contributed by atoms with van der Waals surface area (Å²) in [6, 6.07) is 0. The van der Waals surface area contributed by atoms with Crippen LogP contribution in [0.5, 0.6) is 0 Å². The van der Waals surface area contributed by atoms with E-state index >= 15 is 0 Å². The van der Waals surface area contributed by atoms with Gasteiger partial charge in [0.1, 0.15) is 5.78 Å². The Morgan fingerprint density at radius 3 is 2.19 bits per heavy atom. The van der Waals surface area contributed by atoms with E-state index in [-0.39, 0.29) is 11.3 Å². The first kappa shape index (κ1) is 13.1. The Kier molecular flexibility index (Phi) is 2.32. The first-order valence-corrected chi connectivity index (χ1v) is 8.78. The molecule has 5 rings (SSSR count). The molecule has 0 N–H and O–H groups in total. The Morgan fingerprint density at radius 1 is 0.905 bits per heavy atom. The number of carbonyl (C=O) groups excluding carboxylic acids is 1. The molecule has 1 aliphatic heterocycles. The van der Waals surface area contributed by atoms with Crippen molar-refractivity contribution >= 4 is 5.78 Å². The summed E-state index contributed by atoms with van der Waals surface area (Å²) in [5.74, 6) is 1.63. The maximum Gasteiger partial charge on any atom is 0.172 e. The highest BCUT2D eigenvalue weighted by Gasteiger charge is 2.72. The fraction of sp³-hybridized carbons (Fsp3) is 0.944. The van der Waals surface area contributed by atoms with Crippen molar-refractivity contribution in [2.45, 2.75) is 58.2 Å². The summed E-state index contributed by atoms with van der Waals surface area (Å²) in [5.41, 5.74) is 0.606. The van der Waals surface area contributed by atoms with E-state index in [0.717, 1.165) is 32.5 Å². The Morgan fingerprint density at radius 2 is 1.52 bits per heavy atom. The minimum Gasteiger partial charge on any atom is -0.349 e. The van der Waals surface area contributed by atoms with Crippen LogP contribution in [0.4, 0.5) is 0 Å². The van der Waals surface area contributed by atoms with E-state index in [9.17, 15) is 4.79 Å². The van der Waals surface area contributed by atoms with Gasteiger partial charge in [-0.15, -0.1) is 0 Å². The number of hydrogen-bond donors (Lipinski definition) is 0. The molecule has 116 valence electrons. The Bertz CT molecular complexity index is 495. The quantitative estimate of drug-likeness (QED) is 0.687. The molecule has 5 fully saturated rings. The van der Waals surface area contributed by atoms with Gasteiger partial charge in [-0.1, -0.05) is 13.8 Å². The molecule has 0 amide bonds. The largest absolute Gasteiger partial charge is 0.349 e. The molecule has 21 heavy (non-hydrogen) atoms. The molecule has 3 heteroatoms. The molecule has 1 heterocycles. The normalized spacial score (nSPS) is 47.8. The average molecular weight is 290 g/mol. The molecule has 0 bridgehead atoms. The Hall–Kier alpha value is -0.410. The predicted molar refractivity (Wildman–Crippen MR) is 77.5 cm³/mol. The molecule has 0 aromatic heterocycles. The maximum atomic E-state index is 12.8. The summed E-state index contributed by atoms with van der Waals surface area (Å²) in [4.78, 5) is 12.8. The SMILES string of the molecule is CC1(C)COC2(CC[C@@H]3C(=O)[C@H]4CCC5(CC5)[C@H]4[C@@H]32)OC1. The van der Waals surface area contributed by atoms with Crippen molar-refractivity contribution in [3.05, 3.63) is 0 Å². The molecule has 5 aliphatic rings. The third kappa shape index (κ3) is 1.55. The molecular weight excluding hydrogens is 264 g/mol. The molecule has 0 aromatic carbocycles. The van der Waals surface area contributed by atoms with E-state index in [1.54, 1.807) is 0 Å². The van der Waals surface area contributed by atoms with Gasteiger partial charge in [-0.3, -0.25) is 4.79 Å². The van der Waals surface area contributed by atoms with Gasteiger partial charge >= 0.3 is 0 Å². The number of Topliss-reactive ketones (excluding diaryl/α,β-unsaturated/α-hetero) is 1. The Balaban J connectivity index is 1.51. The lowest BCUT2D eigenvalue weighted by molar-refractivity contribution is -0.322. The summed E-state index contributed by atoms with van der Waals surface area (Å²) >= 11 is 0. The summed E-state index contributed by atoms with van der Waals surface area (Å²) in [7, 11) is 0. The van der Waals surface area contributed by atoms with E-state index < -0.39 is 5.79 Å². The zero-order valence-electron chi connectivity index (χ0n) is 13.2. The number of fused-ring (bicyclic) bond motifs is 5. The molecule has 0 aromatic rings. The number of carbonyl (C=O) groups is 1. The minimum absolute atomic E-state index is 0.109. The molecule has 0 radical (unpaired) electrons. The van der Waals surface area contributed by atoms with Crippen LogP contribution in [0.15, 0.2) is 0 Å². The fourth-order valence-corrected chi connectivity index (χ4v) is 6.09. The molecule has 4 atom stereocenters. The second kappa shape index (κ2) is 3.73. The summed E-state index contributed by atoms with van der Waals surface area (Å²) in [6.07, 6.45) is 7.02. The summed E-state index contributed by atoms with van der Waals surface area (Å²) < 4.78 is 12.7. The van der Waals surface area contributed by atoms with Crippen LogP contribution < -0.4 is 0 Å². The molecule has 4 aliphatic carbocycles. The van der Waals surface area contributed by atoms with E-state index in [1.807, 2.05) is 0 Å². The highest BCUT2D eigenvalue weighted by Crippen LogP contribution is 2.73. The van der Waals surface area contributed by atoms with Gasteiger partial charge in [0.25, 0.3) is 0 Å². The predicted octanol–water partition coefficient (Wildman–Crippen LogP) is 3.17. The minimum atomic E-state index is -0.421. The highest BCUT2D eigenvalue weighted by atomic mass is 16.7. The van der Waals surface area contributed by atoms with E-state index in [0.29, 0.717) is 29.0 Å². The maximum absolute atomic E-state index is 12.8.